The number of benzene rings is 1. The summed E-state index contributed by atoms with van der Waals surface area (Å²) in [6.07, 6.45) is 2.69. The Balaban J connectivity index is 1.50. The van der Waals surface area contributed by atoms with Crippen LogP contribution in [0.3, 0.4) is 0 Å². The van der Waals surface area contributed by atoms with Crippen LogP contribution in [0.5, 0.6) is 5.75 Å². The SMILES string of the molecule is CCOc1ccccc1-c1nc(CC(=O)N(C2CC2)C2CCS(=O)(=O)C2)cs1. The Morgan fingerprint density at radius 2 is 2.04 bits per heavy atom. The molecule has 1 atom stereocenters. The van der Waals surface area contributed by atoms with E-state index in [4.69, 9.17) is 4.74 Å². The van der Waals surface area contributed by atoms with Gasteiger partial charge in [0.25, 0.3) is 0 Å². The third kappa shape index (κ3) is 4.22. The molecule has 1 aromatic carbocycles. The van der Waals surface area contributed by atoms with Crippen LogP contribution in [-0.4, -0.2) is 54.4 Å². The minimum absolute atomic E-state index is 0.0143. The molecule has 28 heavy (non-hydrogen) atoms. The second-order valence-corrected chi connectivity index (χ2v) is 10.4. The van der Waals surface area contributed by atoms with Gasteiger partial charge in [0, 0.05) is 17.5 Å². The van der Waals surface area contributed by atoms with Crippen LogP contribution in [0.2, 0.25) is 0 Å². The number of rotatable bonds is 7. The molecule has 2 aliphatic rings. The summed E-state index contributed by atoms with van der Waals surface area (Å²) < 4.78 is 29.4. The van der Waals surface area contributed by atoms with Crippen LogP contribution in [0.1, 0.15) is 31.9 Å². The zero-order valence-electron chi connectivity index (χ0n) is 15.8. The van der Waals surface area contributed by atoms with Crippen molar-refractivity contribution in [3.8, 4) is 16.3 Å². The van der Waals surface area contributed by atoms with Gasteiger partial charge in [-0.3, -0.25) is 4.79 Å². The molecule has 1 saturated heterocycles. The first kappa shape index (κ1) is 19.4. The molecule has 4 rings (SSSR count). The van der Waals surface area contributed by atoms with Gasteiger partial charge in [0.15, 0.2) is 9.84 Å². The Hall–Kier alpha value is -1.93. The molecule has 1 aromatic heterocycles. The molecule has 1 amide bonds. The fourth-order valence-corrected chi connectivity index (χ4v) is 6.30. The second-order valence-electron chi connectivity index (χ2n) is 7.34. The van der Waals surface area contributed by atoms with E-state index in [9.17, 15) is 13.2 Å². The molecule has 0 bridgehead atoms. The smallest absolute Gasteiger partial charge is 0.229 e. The molecule has 2 heterocycles. The number of carbonyl (C=O) groups excluding carboxylic acids is 1. The zero-order chi connectivity index (χ0) is 19.7. The zero-order valence-corrected chi connectivity index (χ0v) is 17.5. The number of thiazole rings is 1. The van der Waals surface area contributed by atoms with Crippen molar-refractivity contribution in [3.05, 3.63) is 35.3 Å². The van der Waals surface area contributed by atoms with Gasteiger partial charge in [-0.25, -0.2) is 13.4 Å². The van der Waals surface area contributed by atoms with Gasteiger partial charge in [-0.2, -0.15) is 0 Å². The van der Waals surface area contributed by atoms with E-state index < -0.39 is 9.84 Å². The Labute approximate surface area is 169 Å². The first-order valence-electron chi connectivity index (χ1n) is 9.65. The fourth-order valence-electron chi connectivity index (χ4n) is 3.74. The van der Waals surface area contributed by atoms with Crippen molar-refractivity contribution in [1.82, 2.24) is 9.88 Å². The first-order chi connectivity index (χ1) is 13.5. The molecule has 2 fully saturated rings. The van der Waals surface area contributed by atoms with Crippen molar-refractivity contribution in [2.45, 2.75) is 44.7 Å². The number of amides is 1. The van der Waals surface area contributed by atoms with E-state index in [1.165, 1.54) is 11.3 Å². The minimum atomic E-state index is -3.02. The van der Waals surface area contributed by atoms with Gasteiger partial charge in [-0.1, -0.05) is 12.1 Å². The summed E-state index contributed by atoms with van der Waals surface area (Å²) in [4.78, 5) is 19.5. The number of aromatic nitrogens is 1. The molecule has 1 saturated carbocycles. The van der Waals surface area contributed by atoms with Crippen molar-refractivity contribution in [1.29, 1.82) is 0 Å². The van der Waals surface area contributed by atoms with E-state index in [0.29, 0.717) is 13.0 Å². The van der Waals surface area contributed by atoms with Gasteiger partial charge in [-0.15, -0.1) is 11.3 Å². The quantitative estimate of drug-likeness (QED) is 0.688. The lowest BCUT2D eigenvalue weighted by Crippen LogP contribution is -2.43. The standard InChI is InChI=1S/C20H24N2O4S2/c1-2-26-18-6-4-3-5-17(18)20-21-14(12-27-20)11-19(23)22(15-7-8-15)16-9-10-28(24,25)13-16/h3-6,12,15-16H,2,7-11,13H2,1H3. The maximum absolute atomic E-state index is 13.0. The number of hydrogen-bond donors (Lipinski definition) is 0. The lowest BCUT2D eigenvalue weighted by molar-refractivity contribution is -0.133. The number of sulfone groups is 1. The maximum Gasteiger partial charge on any atom is 0.229 e. The average Bonchev–Trinajstić information content (AvgIpc) is 3.26. The minimum Gasteiger partial charge on any atom is -0.493 e. The molecule has 8 heteroatoms. The van der Waals surface area contributed by atoms with E-state index >= 15 is 0 Å². The third-order valence-electron chi connectivity index (χ3n) is 5.13. The normalized spacial score (nSPS) is 20.8. The number of ether oxygens (including phenoxy) is 1. The van der Waals surface area contributed by atoms with Gasteiger partial charge in [-0.05, 0) is 38.3 Å². The number of hydrogen-bond acceptors (Lipinski definition) is 6. The Bertz CT molecular complexity index is 966. The summed E-state index contributed by atoms with van der Waals surface area (Å²) in [6, 6.07) is 7.77. The Morgan fingerprint density at radius 1 is 1.25 bits per heavy atom. The van der Waals surface area contributed by atoms with E-state index in [1.54, 1.807) is 0 Å². The van der Waals surface area contributed by atoms with E-state index in [-0.39, 0.29) is 35.9 Å². The van der Waals surface area contributed by atoms with E-state index in [2.05, 4.69) is 4.98 Å². The summed E-state index contributed by atoms with van der Waals surface area (Å²) >= 11 is 1.49. The fraction of sp³-hybridized carbons (Fsp3) is 0.500. The van der Waals surface area contributed by atoms with Crippen LogP contribution >= 0.6 is 11.3 Å². The van der Waals surface area contributed by atoms with Gasteiger partial charge in [0.1, 0.15) is 10.8 Å². The molecular formula is C20H24N2O4S2. The Kier molecular flexibility index (Phi) is 5.42. The molecular weight excluding hydrogens is 396 g/mol. The molecule has 0 radical (unpaired) electrons. The van der Waals surface area contributed by atoms with Crippen LogP contribution < -0.4 is 4.74 Å². The molecule has 0 spiro atoms. The van der Waals surface area contributed by atoms with Crippen LogP contribution in [0, 0.1) is 0 Å². The van der Waals surface area contributed by atoms with Gasteiger partial charge < -0.3 is 9.64 Å². The average molecular weight is 421 g/mol. The van der Waals surface area contributed by atoms with Gasteiger partial charge in [0.05, 0.1) is 35.8 Å². The van der Waals surface area contributed by atoms with E-state index in [0.717, 1.165) is 34.9 Å². The van der Waals surface area contributed by atoms with Crippen molar-refractivity contribution in [3.63, 3.8) is 0 Å². The lowest BCUT2D eigenvalue weighted by atomic mass is 10.2. The molecule has 0 N–H and O–H groups in total. The summed E-state index contributed by atoms with van der Waals surface area (Å²) in [5, 5.41) is 2.74. The highest BCUT2D eigenvalue weighted by atomic mass is 32.2. The predicted molar refractivity (Wildman–Crippen MR) is 109 cm³/mol. The maximum atomic E-state index is 13.0. The van der Waals surface area contributed by atoms with Crippen molar-refractivity contribution in [2.24, 2.45) is 0 Å². The lowest BCUT2D eigenvalue weighted by Gasteiger charge is -2.28. The highest BCUT2D eigenvalue weighted by Crippen LogP contribution is 2.34. The van der Waals surface area contributed by atoms with Crippen LogP contribution in [0.25, 0.3) is 10.6 Å². The molecule has 6 nitrogen and oxygen atoms in total. The summed E-state index contributed by atoms with van der Waals surface area (Å²) in [5.41, 5.74) is 1.65. The summed E-state index contributed by atoms with van der Waals surface area (Å²) in [5.74, 6) is 1.05. The highest BCUT2D eigenvalue weighted by molar-refractivity contribution is 7.91. The predicted octanol–water partition coefficient (Wildman–Crippen LogP) is 2.93. The van der Waals surface area contributed by atoms with E-state index in [1.807, 2.05) is 41.5 Å². The topological polar surface area (TPSA) is 76.6 Å². The van der Waals surface area contributed by atoms with Crippen molar-refractivity contribution in [2.75, 3.05) is 18.1 Å². The van der Waals surface area contributed by atoms with Crippen LogP contribution in [-0.2, 0) is 21.1 Å². The molecule has 150 valence electrons. The van der Waals surface area contributed by atoms with Crippen LogP contribution in [0.4, 0.5) is 0 Å². The second kappa shape index (κ2) is 7.83. The summed E-state index contributed by atoms with van der Waals surface area (Å²) in [7, 11) is -3.02. The number of para-hydroxylation sites is 1. The number of carbonyl (C=O) groups is 1. The molecule has 1 unspecified atom stereocenters. The first-order valence-corrected chi connectivity index (χ1v) is 12.3. The summed E-state index contributed by atoms with van der Waals surface area (Å²) in [6.45, 7) is 2.52. The molecule has 2 aromatic rings. The monoisotopic (exact) mass is 420 g/mol. The van der Waals surface area contributed by atoms with Crippen LogP contribution in [0.15, 0.2) is 29.6 Å². The van der Waals surface area contributed by atoms with Crippen molar-refractivity contribution < 1.29 is 17.9 Å². The van der Waals surface area contributed by atoms with Crippen molar-refractivity contribution >= 4 is 27.1 Å². The van der Waals surface area contributed by atoms with Gasteiger partial charge >= 0.3 is 0 Å². The molecule has 1 aliphatic heterocycles. The third-order valence-corrected chi connectivity index (χ3v) is 7.81. The Morgan fingerprint density at radius 3 is 2.71 bits per heavy atom. The van der Waals surface area contributed by atoms with Gasteiger partial charge in [0.2, 0.25) is 5.91 Å². The largest absolute Gasteiger partial charge is 0.493 e. The number of nitrogens with zero attached hydrogens (tertiary/aromatic N) is 2. The molecule has 1 aliphatic carbocycles. The highest BCUT2D eigenvalue weighted by Gasteiger charge is 2.42.